The number of hydrogen-bond donors (Lipinski definition) is 0. The van der Waals surface area contributed by atoms with Crippen molar-refractivity contribution in [1.29, 1.82) is 0 Å². The number of anilines is 2. The van der Waals surface area contributed by atoms with E-state index >= 15 is 0 Å². The second-order valence-electron chi connectivity index (χ2n) is 7.91. The molecule has 1 fully saturated rings. The van der Waals surface area contributed by atoms with Gasteiger partial charge in [-0.1, -0.05) is 36.0 Å². The Hall–Kier alpha value is -3.34. The highest BCUT2D eigenvalue weighted by molar-refractivity contribution is 8.08. The highest BCUT2D eigenvalue weighted by Gasteiger charge is 2.39. The Bertz CT molecular complexity index is 1560. The minimum Gasteiger partial charge on any atom is -0.497 e. The van der Waals surface area contributed by atoms with Crippen LogP contribution in [0.3, 0.4) is 0 Å². The Balaban J connectivity index is 1.74. The number of ether oxygens (including phenoxy) is 1. The Kier molecular flexibility index (Phi) is 6.04. The Morgan fingerprint density at radius 1 is 1.09 bits per heavy atom. The van der Waals surface area contributed by atoms with Crippen LogP contribution in [0.15, 0.2) is 70.9 Å². The lowest BCUT2D eigenvalue weighted by Crippen LogP contribution is -2.35. The summed E-state index contributed by atoms with van der Waals surface area (Å²) in [7, 11) is 5.31. The Morgan fingerprint density at radius 2 is 1.83 bits per heavy atom. The van der Waals surface area contributed by atoms with Crippen molar-refractivity contribution in [2.24, 2.45) is 0 Å². The van der Waals surface area contributed by atoms with Gasteiger partial charge < -0.3 is 14.5 Å². The number of thioether (sulfide) groups is 1. The van der Waals surface area contributed by atoms with Crippen LogP contribution in [0.2, 0.25) is 0 Å². The standard InChI is InChI=1S/C25H22N4O3S3/c1-5-13-28-22(31)20(24-26(2)17-14-16(32-4)11-12-18(17)34-24)35-23(28)19-21(30)29(25(33)27(19)3)15-9-7-6-8-10-15/h5-12,14H,1,13H2,2-4H3. The summed E-state index contributed by atoms with van der Waals surface area (Å²) in [5, 5.41) is 1.17. The first-order valence-electron chi connectivity index (χ1n) is 10.7. The molecule has 3 aromatic rings. The third-order valence-corrected chi connectivity index (χ3v) is 8.87. The van der Waals surface area contributed by atoms with Crippen molar-refractivity contribution < 1.29 is 9.53 Å². The minimum atomic E-state index is -0.264. The number of amides is 1. The third kappa shape index (κ3) is 3.69. The largest absolute Gasteiger partial charge is 0.497 e. The van der Waals surface area contributed by atoms with Crippen LogP contribution in [0.5, 0.6) is 5.75 Å². The zero-order valence-electron chi connectivity index (χ0n) is 19.3. The van der Waals surface area contributed by atoms with Gasteiger partial charge in [-0.15, -0.1) is 17.9 Å². The molecule has 10 heteroatoms. The van der Waals surface area contributed by atoms with Gasteiger partial charge in [-0.3, -0.25) is 19.1 Å². The molecule has 3 heterocycles. The van der Waals surface area contributed by atoms with Gasteiger partial charge in [0.1, 0.15) is 25.7 Å². The van der Waals surface area contributed by atoms with Crippen molar-refractivity contribution in [1.82, 2.24) is 9.47 Å². The van der Waals surface area contributed by atoms with Crippen LogP contribution in [0.1, 0.15) is 0 Å². The third-order valence-electron chi connectivity index (χ3n) is 5.86. The first-order chi connectivity index (χ1) is 16.9. The van der Waals surface area contributed by atoms with E-state index in [0.29, 0.717) is 25.7 Å². The number of allylic oxidation sites excluding steroid dienone is 1. The smallest absolute Gasteiger partial charge is 0.284 e. The molecule has 1 aromatic heterocycles. The summed E-state index contributed by atoms with van der Waals surface area (Å²) in [5.74, 6) is 0.483. The quantitative estimate of drug-likeness (QED) is 0.386. The van der Waals surface area contributed by atoms with Crippen molar-refractivity contribution >= 4 is 68.4 Å². The number of carbonyl (C=O) groups is 1. The molecule has 5 rings (SSSR count). The fraction of sp³-hybridized carbons (Fsp3) is 0.160. The summed E-state index contributed by atoms with van der Waals surface area (Å²) in [6, 6.07) is 15.1. The normalized spacial score (nSPS) is 18.4. The van der Waals surface area contributed by atoms with E-state index in [1.54, 1.807) is 29.7 Å². The predicted molar refractivity (Wildman–Crippen MR) is 146 cm³/mol. The van der Waals surface area contributed by atoms with E-state index in [0.717, 1.165) is 21.4 Å². The number of fused-ring (bicyclic) bond motifs is 1. The van der Waals surface area contributed by atoms with Crippen LogP contribution >= 0.6 is 35.3 Å². The number of carbonyl (C=O) groups excluding carboxylic acids is 1. The average molecular weight is 523 g/mol. The molecule has 35 heavy (non-hydrogen) atoms. The molecule has 178 valence electrons. The molecule has 1 amide bonds. The molecule has 0 aliphatic carbocycles. The fourth-order valence-corrected chi connectivity index (χ4v) is 6.88. The summed E-state index contributed by atoms with van der Waals surface area (Å²) >= 11 is 8.45. The van der Waals surface area contributed by atoms with E-state index in [-0.39, 0.29) is 18.0 Å². The fourth-order valence-electron chi connectivity index (χ4n) is 4.09. The second-order valence-corrected chi connectivity index (χ2v) is 10.3. The van der Waals surface area contributed by atoms with Gasteiger partial charge in [0.2, 0.25) is 0 Å². The topological polar surface area (TPSA) is 58.0 Å². The van der Waals surface area contributed by atoms with Crippen molar-refractivity contribution in [3.8, 4) is 5.75 Å². The molecule has 2 aliphatic rings. The van der Waals surface area contributed by atoms with Crippen LogP contribution in [-0.4, -0.2) is 41.7 Å². The molecule has 0 atom stereocenters. The van der Waals surface area contributed by atoms with Crippen molar-refractivity contribution in [3.05, 3.63) is 80.7 Å². The molecule has 1 saturated heterocycles. The van der Waals surface area contributed by atoms with E-state index in [2.05, 4.69) is 6.58 Å². The van der Waals surface area contributed by atoms with Crippen LogP contribution in [0.4, 0.5) is 11.4 Å². The number of thiazole rings is 1. The number of nitrogens with zero attached hydrogens (tertiary/aromatic N) is 4. The molecule has 7 nitrogen and oxygen atoms in total. The van der Waals surface area contributed by atoms with E-state index in [1.165, 1.54) is 28.0 Å². The van der Waals surface area contributed by atoms with E-state index < -0.39 is 0 Å². The van der Waals surface area contributed by atoms with Gasteiger partial charge in [-0.25, -0.2) is 0 Å². The minimum absolute atomic E-state index is 0.170. The highest BCUT2D eigenvalue weighted by atomic mass is 32.2. The summed E-state index contributed by atoms with van der Waals surface area (Å²) in [6.07, 6.45) is 1.66. The molecule has 2 aromatic carbocycles. The van der Waals surface area contributed by atoms with Crippen LogP contribution in [0, 0.1) is 0 Å². The van der Waals surface area contributed by atoms with Crippen molar-refractivity contribution in [3.63, 3.8) is 0 Å². The zero-order valence-corrected chi connectivity index (χ0v) is 21.8. The number of para-hydroxylation sites is 1. The maximum absolute atomic E-state index is 13.6. The van der Waals surface area contributed by atoms with E-state index in [4.69, 9.17) is 17.0 Å². The summed E-state index contributed by atoms with van der Waals surface area (Å²) < 4.78 is 8.08. The number of aromatic nitrogens is 1. The average Bonchev–Trinajstić information content (AvgIpc) is 3.43. The molecular formula is C25H22N4O3S3. The SMILES string of the molecule is C=CCn1c(=C2C(=O)N(c3ccccc3)C(=S)N2C)sc(=C2Sc3ccc(OC)cc3N2C)c1=O. The first-order valence-corrected chi connectivity index (χ1v) is 12.8. The number of methoxy groups -OCH3 is 1. The molecule has 0 unspecified atom stereocenters. The Morgan fingerprint density at radius 3 is 2.51 bits per heavy atom. The predicted octanol–water partition coefficient (Wildman–Crippen LogP) is 2.78. The Labute approximate surface area is 215 Å². The highest BCUT2D eigenvalue weighted by Crippen LogP contribution is 2.46. The first kappa shape index (κ1) is 23.4. The van der Waals surface area contributed by atoms with Crippen LogP contribution < -0.4 is 29.3 Å². The molecule has 2 aliphatic heterocycles. The van der Waals surface area contributed by atoms with Crippen LogP contribution in [0.25, 0.3) is 10.7 Å². The van der Waals surface area contributed by atoms with Gasteiger partial charge in [-0.2, -0.15) is 0 Å². The lowest BCUT2D eigenvalue weighted by Gasteiger charge is -2.16. The lowest BCUT2D eigenvalue weighted by atomic mass is 10.3. The van der Waals surface area contributed by atoms with Crippen LogP contribution in [-0.2, 0) is 11.3 Å². The maximum Gasteiger partial charge on any atom is 0.284 e. The monoisotopic (exact) mass is 522 g/mol. The van der Waals surface area contributed by atoms with Gasteiger partial charge in [-0.05, 0) is 36.5 Å². The van der Waals surface area contributed by atoms with Gasteiger partial charge in [0.05, 0.1) is 18.5 Å². The van der Waals surface area contributed by atoms with Gasteiger partial charge in [0.15, 0.2) is 5.11 Å². The molecule has 0 bridgehead atoms. The summed E-state index contributed by atoms with van der Waals surface area (Å²) in [6.45, 7) is 4.09. The number of benzene rings is 2. The molecular weight excluding hydrogens is 501 g/mol. The molecule has 0 N–H and O–H groups in total. The summed E-state index contributed by atoms with van der Waals surface area (Å²) in [5.41, 5.74) is 1.85. The van der Waals surface area contributed by atoms with Gasteiger partial charge in [0, 0.05) is 31.6 Å². The number of likely N-dealkylation sites (N-methyl/N-ethyl adjacent to an activating group) is 1. The van der Waals surface area contributed by atoms with Crippen molar-refractivity contribution in [2.45, 2.75) is 11.4 Å². The zero-order chi connectivity index (χ0) is 24.9. The molecule has 0 saturated carbocycles. The number of hydrogen-bond acceptors (Lipinski definition) is 7. The number of rotatable bonds is 4. The van der Waals surface area contributed by atoms with E-state index in [1.807, 2.05) is 60.5 Å². The van der Waals surface area contributed by atoms with E-state index in [9.17, 15) is 9.59 Å². The lowest BCUT2D eigenvalue weighted by molar-refractivity contribution is -0.112. The van der Waals surface area contributed by atoms with Gasteiger partial charge in [0.25, 0.3) is 11.5 Å². The molecule has 0 spiro atoms. The van der Waals surface area contributed by atoms with Crippen molar-refractivity contribution in [2.75, 3.05) is 31.0 Å². The second kappa shape index (κ2) is 9.03. The summed E-state index contributed by atoms with van der Waals surface area (Å²) in [4.78, 5) is 33.5. The molecule has 0 radical (unpaired) electrons. The van der Waals surface area contributed by atoms with Gasteiger partial charge >= 0.3 is 0 Å². The maximum atomic E-state index is 13.6. The number of thiocarbonyl (C=S) groups is 1.